The van der Waals surface area contributed by atoms with Crippen LogP contribution in [0.2, 0.25) is 0 Å². The predicted molar refractivity (Wildman–Crippen MR) is 81.8 cm³/mol. The highest BCUT2D eigenvalue weighted by Gasteiger charge is 2.43. The molecule has 1 amide bonds. The monoisotopic (exact) mass is 295 g/mol. The van der Waals surface area contributed by atoms with E-state index >= 15 is 0 Å². The van der Waals surface area contributed by atoms with Crippen LogP contribution in [0.4, 0.5) is 0 Å². The van der Waals surface area contributed by atoms with E-state index in [1.165, 1.54) is 0 Å². The highest BCUT2D eigenvalue weighted by molar-refractivity contribution is 5.85. The van der Waals surface area contributed by atoms with E-state index in [0.29, 0.717) is 23.7 Å². The summed E-state index contributed by atoms with van der Waals surface area (Å²) in [6.07, 6.45) is 3.45. The molecule has 1 aliphatic carbocycles. The molecule has 3 atom stereocenters. The van der Waals surface area contributed by atoms with Crippen molar-refractivity contribution in [2.75, 3.05) is 13.1 Å². The molecule has 1 saturated carbocycles. The summed E-state index contributed by atoms with van der Waals surface area (Å²) in [6, 6.07) is 0. The van der Waals surface area contributed by atoms with Gasteiger partial charge >= 0.3 is 5.97 Å². The second-order valence-corrected chi connectivity index (χ2v) is 8.09. The molecule has 1 unspecified atom stereocenters. The fourth-order valence-electron chi connectivity index (χ4n) is 4.04. The number of carbonyl (C=O) groups is 2. The third-order valence-corrected chi connectivity index (χ3v) is 5.46. The van der Waals surface area contributed by atoms with Gasteiger partial charge in [-0.3, -0.25) is 9.59 Å². The van der Waals surface area contributed by atoms with E-state index in [9.17, 15) is 14.7 Å². The van der Waals surface area contributed by atoms with Crippen molar-refractivity contribution in [3.05, 3.63) is 0 Å². The highest BCUT2D eigenvalue weighted by Crippen LogP contribution is 2.39. The van der Waals surface area contributed by atoms with Crippen LogP contribution < -0.4 is 0 Å². The van der Waals surface area contributed by atoms with E-state index in [4.69, 9.17) is 0 Å². The molecule has 0 aromatic rings. The fraction of sp³-hybridized carbons (Fsp3) is 0.882. The van der Waals surface area contributed by atoms with E-state index < -0.39 is 11.9 Å². The van der Waals surface area contributed by atoms with Crippen molar-refractivity contribution < 1.29 is 14.7 Å². The Morgan fingerprint density at radius 1 is 1.05 bits per heavy atom. The summed E-state index contributed by atoms with van der Waals surface area (Å²) >= 11 is 0. The minimum absolute atomic E-state index is 0.0825. The van der Waals surface area contributed by atoms with Crippen molar-refractivity contribution in [2.45, 2.75) is 53.4 Å². The fourth-order valence-corrected chi connectivity index (χ4v) is 4.04. The van der Waals surface area contributed by atoms with Crippen molar-refractivity contribution in [1.29, 1.82) is 0 Å². The lowest BCUT2D eigenvalue weighted by Gasteiger charge is -2.39. The van der Waals surface area contributed by atoms with Gasteiger partial charge < -0.3 is 10.0 Å². The summed E-state index contributed by atoms with van der Waals surface area (Å²) < 4.78 is 0. The summed E-state index contributed by atoms with van der Waals surface area (Å²) in [4.78, 5) is 26.0. The SMILES string of the molecule is CC1C[C@H](C(=O)N2CCC(C(C)(C)C)CC2)[C@H](C(=O)O)C1. The molecule has 1 N–H and O–H groups in total. The van der Waals surface area contributed by atoms with Crippen LogP contribution in [-0.2, 0) is 9.59 Å². The number of hydrogen-bond acceptors (Lipinski definition) is 2. The van der Waals surface area contributed by atoms with Gasteiger partial charge in [0.25, 0.3) is 0 Å². The molecule has 1 heterocycles. The van der Waals surface area contributed by atoms with Gasteiger partial charge in [-0.05, 0) is 42.9 Å². The molecule has 120 valence electrons. The second-order valence-electron chi connectivity index (χ2n) is 8.09. The van der Waals surface area contributed by atoms with Crippen LogP contribution in [0.1, 0.15) is 53.4 Å². The Bertz CT molecular complexity index is 405. The van der Waals surface area contributed by atoms with Gasteiger partial charge in [0.2, 0.25) is 5.91 Å². The quantitative estimate of drug-likeness (QED) is 0.852. The molecule has 1 saturated heterocycles. The smallest absolute Gasteiger partial charge is 0.307 e. The number of carboxylic acid groups (broad SMARTS) is 1. The Kier molecular flexibility index (Phi) is 4.64. The van der Waals surface area contributed by atoms with Crippen LogP contribution in [0.3, 0.4) is 0 Å². The number of likely N-dealkylation sites (tertiary alicyclic amines) is 1. The van der Waals surface area contributed by atoms with Gasteiger partial charge in [0, 0.05) is 13.1 Å². The summed E-state index contributed by atoms with van der Waals surface area (Å²) in [6.45, 7) is 10.4. The largest absolute Gasteiger partial charge is 0.481 e. The molecule has 1 aliphatic heterocycles. The van der Waals surface area contributed by atoms with Gasteiger partial charge in [0.1, 0.15) is 0 Å². The Morgan fingerprint density at radius 2 is 1.57 bits per heavy atom. The zero-order chi connectivity index (χ0) is 15.8. The number of carbonyl (C=O) groups excluding carboxylic acids is 1. The second kappa shape index (κ2) is 5.98. The van der Waals surface area contributed by atoms with Gasteiger partial charge in [-0.2, -0.15) is 0 Å². The third kappa shape index (κ3) is 3.58. The Labute approximate surface area is 127 Å². The molecule has 2 fully saturated rings. The van der Waals surface area contributed by atoms with Crippen molar-refractivity contribution in [3.63, 3.8) is 0 Å². The number of hydrogen-bond donors (Lipinski definition) is 1. The average molecular weight is 295 g/mol. The molecule has 0 bridgehead atoms. The number of nitrogens with zero attached hydrogens (tertiary/aromatic N) is 1. The van der Waals surface area contributed by atoms with E-state index in [2.05, 4.69) is 27.7 Å². The maximum absolute atomic E-state index is 12.7. The van der Waals surface area contributed by atoms with Crippen LogP contribution in [0, 0.1) is 29.1 Å². The van der Waals surface area contributed by atoms with E-state index in [-0.39, 0.29) is 11.8 Å². The van der Waals surface area contributed by atoms with Gasteiger partial charge in [0.15, 0.2) is 0 Å². The number of amides is 1. The van der Waals surface area contributed by atoms with Crippen LogP contribution in [-0.4, -0.2) is 35.0 Å². The average Bonchev–Trinajstić information content (AvgIpc) is 2.79. The van der Waals surface area contributed by atoms with E-state index in [1.807, 2.05) is 4.90 Å². The lowest BCUT2D eigenvalue weighted by atomic mass is 9.75. The Hall–Kier alpha value is -1.06. The maximum Gasteiger partial charge on any atom is 0.307 e. The molecule has 0 spiro atoms. The van der Waals surface area contributed by atoms with Crippen LogP contribution in [0.5, 0.6) is 0 Å². The molecular formula is C17H29NO3. The van der Waals surface area contributed by atoms with E-state index in [1.54, 1.807) is 0 Å². The van der Waals surface area contributed by atoms with Crippen LogP contribution in [0.15, 0.2) is 0 Å². The van der Waals surface area contributed by atoms with Crippen LogP contribution in [0.25, 0.3) is 0 Å². The number of piperidine rings is 1. The van der Waals surface area contributed by atoms with Crippen molar-refractivity contribution >= 4 is 11.9 Å². The van der Waals surface area contributed by atoms with Gasteiger partial charge in [-0.15, -0.1) is 0 Å². The normalized spacial score (nSPS) is 31.4. The van der Waals surface area contributed by atoms with Crippen LogP contribution >= 0.6 is 0 Å². The van der Waals surface area contributed by atoms with Gasteiger partial charge in [-0.1, -0.05) is 27.7 Å². The molecule has 2 rings (SSSR count). The Morgan fingerprint density at radius 3 is 2.05 bits per heavy atom. The first kappa shape index (κ1) is 16.3. The lowest BCUT2D eigenvalue weighted by molar-refractivity contribution is -0.149. The van der Waals surface area contributed by atoms with Gasteiger partial charge in [0.05, 0.1) is 11.8 Å². The number of aliphatic carboxylic acids is 1. The standard InChI is InChI=1S/C17H29NO3/c1-11-9-13(14(10-11)16(20)21)15(19)18-7-5-12(6-8-18)17(2,3)4/h11-14H,5-10H2,1-4H3,(H,20,21)/t11?,13-,14+/m0/s1. The summed E-state index contributed by atoms with van der Waals surface area (Å²) in [5.41, 5.74) is 0.292. The summed E-state index contributed by atoms with van der Waals surface area (Å²) in [5.74, 6) is -0.510. The summed E-state index contributed by atoms with van der Waals surface area (Å²) in [5, 5.41) is 9.33. The van der Waals surface area contributed by atoms with Crippen molar-refractivity contribution in [2.24, 2.45) is 29.1 Å². The summed E-state index contributed by atoms with van der Waals surface area (Å²) in [7, 11) is 0. The van der Waals surface area contributed by atoms with Crippen molar-refractivity contribution in [3.8, 4) is 0 Å². The predicted octanol–water partition coefficient (Wildman–Crippen LogP) is 3.02. The number of rotatable bonds is 2. The molecular weight excluding hydrogens is 266 g/mol. The first-order valence-electron chi connectivity index (χ1n) is 8.21. The first-order chi connectivity index (χ1) is 9.70. The molecule has 0 aromatic carbocycles. The van der Waals surface area contributed by atoms with Gasteiger partial charge in [-0.25, -0.2) is 0 Å². The molecule has 4 nitrogen and oxygen atoms in total. The zero-order valence-corrected chi connectivity index (χ0v) is 13.8. The molecule has 21 heavy (non-hydrogen) atoms. The topological polar surface area (TPSA) is 57.6 Å². The highest BCUT2D eigenvalue weighted by atomic mass is 16.4. The maximum atomic E-state index is 12.7. The molecule has 4 heteroatoms. The molecule has 0 aromatic heterocycles. The van der Waals surface area contributed by atoms with Crippen molar-refractivity contribution in [1.82, 2.24) is 4.90 Å². The third-order valence-electron chi connectivity index (χ3n) is 5.46. The zero-order valence-electron chi connectivity index (χ0n) is 13.8. The lowest BCUT2D eigenvalue weighted by Crippen LogP contribution is -2.45. The Balaban J connectivity index is 1.97. The number of carboxylic acids is 1. The first-order valence-corrected chi connectivity index (χ1v) is 8.21. The molecule has 2 aliphatic rings. The minimum atomic E-state index is -0.803. The minimum Gasteiger partial charge on any atom is -0.481 e. The molecule has 0 radical (unpaired) electrons. The van der Waals surface area contributed by atoms with E-state index in [0.717, 1.165) is 32.4 Å².